The van der Waals surface area contributed by atoms with Gasteiger partial charge in [-0.3, -0.25) is 19.1 Å². The number of piperidine rings is 1. The van der Waals surface area contributed by atoms with E-state index in [9.17, 15) is 27.6 Å². The fraction of sp³-hybridized carbons (Fsp3) is 0.467. The number of carbonyl (C=O) groups excluding carboxylic acids is 3. The number of likely N-dealkylation sites (tertiary alicyclic amines) is 2. The molecular formula is C30H33ClF3N9O5. The average molecular weight is 692 g/mol. The molecule has 18 heteroatoms. The van der Waals surface area contributed by atoms with Gasteiger partial charge in [0.2, 0.25) is 0 Å². The van der Waals surface area contributed by atoms with Crippen molar-refractivity contribution in [3.63, 3.8) is 0 Å². The molecule has 2 saturated heterocycles. The Hall–Kier alpha value is -4.64. The Morgan fingerprint density at radius 1 is 1.08 bits per heavy atom. The van der Waals surface area contributed by atoms with Gasteiger partial charge in [0.25, 0.3) is 18.3 Å². The summed E-state index contributed by atoms with van der Waals surface area (Å²) in [5.74, 6) is -0.771. The standard InChI is InChI=1S/C29H31ClF3N9O3.CH2O2/c1-39-22(20-13-42(16-3-4-16)38-24(20)29(31,32)33)9-35-25(39)27(44)36-15-2-5-17(21(30)8-15)26(43)37-23-18-11-41(12-19(18)23)28(45)40-7-6-14(34)10-40;2-1-3/h2,5,8-9,13-14,16,18-19,23H,3-4,6-7,10-12,34H2,1H3,(H,36,44)(H,37,43);1H,(H,2,3)/t14-,18?,19?,23?;/m1./s1. The molecule has 0 radical (unpaired) electrons. The Morgan fingerprint density at radius 3 is 2.35 bits per heavy atom. The van der Waals surface area contributed by atoms with Crippen molar-refractivity contribution in [1.29, 1.82) is 0 Å². The zero-order valence-corrected chi connectivity index (χ0v) is 26.4. The Labute approximate surface area is 277 Å². The molecule has 4 fully saturated rings. The summed E-state index contributed by atoms with van der Waals surface area (Å²) < 4.78 is 43.8. The molecule has 4 heterocycles. The van der Waals surface area contributed by atoms with Crippen molar-refractivity contribution in [3.8, 4) is 11.3 Å². The second-order valence-corrected chi connectivity index (χ2v) is 12.8. The number of amides is 4. The van der Waals surface area contributed by atoms with E-state index in [2.05, 4.69) is 20.7 Å². The van der Waals surface area contributed by atoms with Gasteiger partial charge in [-0.2, -0.15) is 18.3 Å². The molecule has 4 amide bonds. The fourth-order valence-electron chi connectivity index (χ4n) is 6.44. The predicted molar refractivity (Wildman–Crippen MR) is 165 cm³/mol. The Balaban J connectivity index is 0.00000129. The van der Waals surface area contributed by atoms with Crippen LogP contribution in [0.25, 0.3) is 11.3 Å². The van der Waals surface area contributed by atoms with E-state index in [0.717, 1.165) is 19.3 Å². The van der Waals surface area contributed by atoms with Gasteiger partial charge in [0, 0.05) is 69.0 Å². The number of rotatable bonds is 6. The molecule has 2 aliphatic carbocycles. The van der Waals surface area contributed by atoms with Gasteiger partial charge in [-0.1, -0.05) is 11.6 Å². The first-order valence-electron chi connectivity index (χ1n) is 15.3. The number of hydrogen-bond acceptors (Lipinski definition) is 7. The predicted octanol–water partition coefficient (Wildman–Crippen LogP) is 3.06. The molecule has 2 aromatic heterocycles. The number of benzene rings is 1. The third-order valence-electron chi connectivity index (χ3n) is 9.12. The van der Waals surface area contributed by atoms with E-state index in [4.69, 9.17) is 27.2 Å². The van der Waals surface area contributed by atoms with Gasteiger partial charge in [-0.05, 0) is 37.5 Å². The van der Waals surface area contributed by atoms with Crippen molar-refractivity contribution in [2.45, 2.75) is 43.6 Å². The van der Waals surface area contributed by atoms with Gasteiger partial charge in [-0.15, -0.1) is 0 Å². The van der Waals surface area contributed by atoms with Crippen LogP contribution in [0.3, 0.4) is 0 Å². The summed E-state index contributed by atoms with van der Waals surface area (Å²) in [6.07, 6.45) is 0.211. The number of fused-ring (bicyclic) bond motifs is 1. The van der Waals surface area contributed by atoms with Crippen LogP contribution in [0, 0.1) is 11.8 Å². The molecular weight excluding hydrogens is 659 g/mol. The first-order valence-corrected chi connectivity index (χ1v) is 15.7. The number of urea groups is 1. The summed E-state index contributed by atoms with van der Waals surface area (Å²) in [6.45, 7) is 2.14. The maximum absolute atomic E-state index is 13.7. The first kappa shape index (κ1) is 33.3. The largest absolute Gasteiger partial charge is 0.483 e. The van der Waals surface area contributed by atoms with E-state index >= 15 is 0 Å². The number of aromatic nitrogens is 4. The number of alkyl halides is 3. The highest BCUT2D eigenvalue weighted by Crippen LogP contribution is 2.46. The minimum absolute atomic E-state index is 0.00146. The maximum atomic E-state index is 13.7. The van der Waals surface area contributed by atoms with Crippen LogP contribution in [0.2, 0.25) is 5.02 Å². The second-order valence-electron chi connectivity index (χ2n) is 12.4. The number of hydrogen-bond donors (Lipinski definition) is 4. The number of carbonyl (C=O) groups is 4. The van der Waals surface area contributed by atoms with Gasteiger partial charge in [0.15, 0.2) is 11.5 Å². The smallest absolute Gasteiger partial charge is 0.435 e. The summed E-state index contributed by atoms with van der Waals surface area (Å²) in [7, 11) is 1.45. The van der Waals surface area contributed by atoms with E-state index in [-0.39, 0.29) is 81.7 Å². The lowest BCUT2D eigenvalue weighted by molar-refractivity contribution is -0.141. The number of nitrogens with two attached hydrogens (primary N) is 1. The third kappa shape index (κ3) is 6.56. The van der Waals surface area contributed by atoms with Crippen LogP contribution >= 0.6 is 11.6 Å². The zero-order valence-electron chi connectivity index (χ0n) is 25.7. The van der Waals surface area contributed by atoms with Gasteiger partial charge in [0.1, 0.15) is 0 Å². The molecule has 7 rings (SSSR count). The molecule has 14 nitrogen and oxygen atoms in total. The number of carboxylic acid groups (broad SMARTS) is 1. The molecule has 2 saturated carbocycles. The average Bonchev–Trinajstić information content (AvgIpc) is 3.63. The monoisotopic (exact) mass is 691 g/mol. The van der Waals surface area contributed by atoms with Crippen molar-refractivity contribution in [1.82, 2.24) is 34.4 Å². The van der Waals surface area contributed by atoms with E-state index in [1.807, 2.05) is 4.90 Å². The highest BCUT2D eigenvalue weighted by atomic mass is 35.5. The van der Waals surface area contributed by atoms with E-state index in [0.29, 0.717) is 26.2 Å². The molecule has 3 atom stereocenters. The number of imidazole rings is 1. The molecule has 0 bridgehead atoms. The second kappa shape index (κ2) is 12.8. The normalized spacial score (nSPS) is 22.9. The molecule has 1 aromatic carbocycles. The highest BCUT2D eigenvalue weighted by Gasteiger charge is 2.58. The van der Waals surface area contributed by atoms with Crippen LogP contribution in [0.4, 0.5) is 23.7 Å². The first-order chi connectivity index (χ1) is 22.8. The number of anilines is 1. The lowest BCUT2D eigenvalue weighted by Crippen LogP contribution is -2.44. The molecule has 48 heavy (non-hydrogen) atoms. The minimum Gasteiger partial charge on any atom is -0.483 e. The number of halogens is 4. The van der Waals surface area contributed by atoms with E-state index < -0.39 is 17.8 Å². The van der Waals surface area contributed by atoms with Crippen LogP contribution in [0.1, 0.15) is 52.0 Å². The summed E-state index contributed by atoms with van der Waals surface area (Å²) in [5, 5.41) is 16.4. The van der Waals surface area contributed by atoms with Crippen LogP contribution in [0.5, 0.6) is 0 Å². The molecule has 3 aromatic rings. The molecule has 2 unspecified atom stereocenters. The van der Waals surface area contributed by atoms with Crippen molar-refractivity contribution in [3.05, 3.63) is 52.7 Å². The SMILES string of the molecule is Cn1c(-c2cn(C3CC3)nc2C(F)(F)F)cnc1C(=O)Nc1ccc(C(=O)NC2C3CN(C(=O)N4CC[C@@H](N)C4)CC32)c(Cl)c1.O=CO. The highest BCUT2D eigenvalue weighted by molar-refractivity contribution is 6.34. The van der Waals surface area contributed by atoms with Gasteiger partial charge in [-0.25, -0.2) is 9.78 Å². The van der Waals surface area contributed by atoms with Gasteiger partial charge < -0.3 is 35.8 Å². The van der Waals surface area contributed by atoms with Gasteiger partial charge in [0.05, 0.1) is 34.1 Å². The van der Waals surface area contributed by atoms with Crippen molar-refractivity contribution in [2.24, 2.45) is 24.6 Å². The summed E-state index contributed by atoms with van der Waals surface area (Å²) in [5.41, 5.74) is 5.35. The lowest BCUT2D eigenvalue weighted by atomic mass is 10.2. The molecule has 0 spiro atoms. The van der Waals surface area contributed by atoms with Crippen molar-refractivity contribution < 1.29 is 37.5 Å². The van der Waals surface area contributed by atoms with Gasteiger partial charge >= 0.3 is 12.2 Å². The third-order valence-corrected chi connectivity index (χ3v) is 9.43. The van der Waals surface area contributed by atoms with E-state index in [1.54, 1.807) is 4.90 Å². The fourth-order valence-corrected chi connectivity index (χ4v) is 6.70. The topological polar surface area (TPSA) is 181 Å². The van der Waals surface area contributed by atoms with Crippen LogP contribution in [0.15, 0.2) is 30.6 Å². The molecule has 256 valence electrons. The van der Waals surface area contributed by atoms with Crippen molar-refractivity contribution in [2.75, 3.05) is 31.5 Å². The van der Waals surface area contributed by atoms with Crippen LogP contribution in [-0.4, -0.2) is 96.8 Å². The summed E-state index contributed by atoms with van der Waals surface area (Å²) in [6, 6.07) is 4.34. The Bertz CT molecular complexity index is 1750. The molecule has 2 aliphatic heterocycles. The van der Waals surface area contributed by atoms with E-state index in [1.165, 1.54) is 46.9 Å². The number of nitrogens with zero attached hydrogens (tertiary/aromatic N) is 6. The minimum atomic E-state index is -4.67. The maximum Gasteiger partial charge on any atom is 0.435 e. The summed E-state index contributed by atoms with van der Waals surface area (Å²) >= 11 is 6.42. The lowest BCUT2D eigenvalue weighted by Gasteiger charge is -2.26. The van der Waals surface area contributed by atoms with Crippen LogP contribution in [-0.2, 0) is 18.0 Å². The van der Waals surface area contributed by atoms with Crippen LogP contribution < -0.4 is 16.4 Å². The number of nitrogens with one attached hydrogen (secondary N) is 2. The zero-order chi connectivity index (χ0) is 34.5. The van der Waals surface area contributed by atoms with Crippen molar-refractivity contribution >= 4 is 41.6 Å². The molecule has 4 aliphatic rings. The summed E-state index contributed by atoms with van der Waals surface area (Å²) in [4.78, 5) is 54.8. The molecule has 5 N–H and O–H groups in total. The Kier molecular flexibility index (Phi) is 8.84. The quantitative estimate of drug-likeness (QED) is 0.285. The Morgan fingerprint density at radius 2 is 1.77 bits per heavy atom.